The zero-order valence-electron chi connectivity index (χ0n) is 17.6. The Morgan fingerprint density at radius 2 is 1.32 bits per heavy atom. The van der Waals surface area contributed by atoms with Crippen LogP contribution < -0.4 is 0 Å². The summed E-state index contributed by atoms with van der Waals surface area (Å²) in [4.78, 5) is 17.1. The predicted octanol–water partition coefficient (Wildman–Crippen LogP) is 7.99. The maximum Gasteiger partial charge on any atom is 0.151 e. The molecule has 3 aromatic rings. The van der Waals surface area contributed by atoms with Gasteiger partial charge in [-0.15, -0.1) is 11.3 Å². The third kappa shape index (κ3) is 8.41. The molecule has 4 heteroatoms. The van der Waals surface area contributed by atoms with E-state index >= 15 is 0 Å². The molecule has 0 aliphatic rings. The van der Waals surface area contributed by atoms with Gasteiger partial charge in [0.25, 0.3) is 0 Å². The van der Waals surface area contributed by atoms with E-state index in [0.29, 0.717) is 5.75 Å². The molecule has 1 aromatic heterocycles. The molecule has 0 fully saturated rings. The van der Waals surface area contributed by atoms with Crippen LogP contribution in [-0.4, -0.2) is 16.5 Å². The van der Waals surface area contributed by atoms with Gasteiger partial charge in [0.1, 0.15) is 5.78 Å². The van der Waals surface area contributed by atoms with Crippen molar-refractivity contribution < 1.29 is 4.79 Å². The van der Waals surface area contributed by atoms with Crippen LogP contribution in [0.3, 0.4) is 0 Å². The van der Waals surface area contributed by atoms with E-state index in [4.69, 9.17) is 4.98 Å². The summed E-state index contributed by atoms with van der Waals surface area (Å²) in [6.07, 6.45) is 2.50. The number of carbonyl (C=O) groups excluding carboxylic acids is 1. The number of ketones is 1. The fraction of sp³-hybridized carbons (Fsp3) is 0.333. The van der Waals surface area contributed by atoms with Crippen molar-refractivity contribution in [2.75, 3.05) is 5.75 Å². The van der Waals surface area contributed by atoms with Crippen LogP contribution in [0.5, 0.6) is 0 Å². The van der Waals surface area contributed by atoms with E-state index in [1.54, 1.807) is 18.3 Å². The van der Waals surface area contributed by atoms with E-state index in [-0.39, 0.29) is 5.78 Å². The Kier molecular flexibility index (Phi) is 12.2. The average Bonchev–Trinajstić information content (AvgIpc) is 3.13. The SMILES string of the molecule is CC(=O)CSc1nc(-c2ccccc2)c(-c2ccccc2)s1.CCC.CCC. The van der Waals surface area contributed by atoms with Crippen molar-refractivity contribution in [3.05, 3.63) is 60.7 Å². The normalized spacial score (nSPS) is 9.61. The summed E-state index contributed by atoms with van der Waals surface area (Å²) in [5.41, 5.74) is 3.25. The second-order valence-electron chi connectivity index (χ2n) is 6.29. The molecule has 2 aromatic carbocycles. The highest BCUT2D eigenvalue weighted by Crippen LogP contribution is 2.40. The van der Waals surface area contributed by atoms with Crippen molar-refractivity contribution in [2.24, 2.45) is 0 Å². The molecule has 0 N–H and O–H groups in total. The lowest BCUT2D eigenvalue weighted by Gasteiger charge is -2.02. The first-order chi connectivity index (χ1) is 13.6. The lowest BCUT2D eigenvalue weighted by Crippen LogP contribution is -1.92. The molecule has 0 bridgehead atoms. The number of aromatic nitrogens is 1. The number of benzene rings is 2. The minimum Gasteiger partial charge on any atom is -0.299 e. The Balaban J connectivity index is 0.000000582. The van der Waals surface area contributed by atoms with Crippen molar-refractivity contribution in [3.63, 3.8) is 0 Å². The lowest BCUT2D eigenvalue weighted by molar-refractivity contribution is -0.114. The number of Topliss-reactive ketones (excluding diaryl/α,β-unsaturated/α-hetero) is 1. The highest BCUT2D eigenvalue weighted by Gasteiger charge is 2.15. The Morgan fingerprint density at radius 1 is 0.857 bits per heavy atom. The summed E-state index contributed by atoms with van der Waals surface area (Å²) in [6, 6.07) is 20.5. The molecule has 150 valence electrons. The van der Waals surface area contributed by atoms with Gasteiger partial charge < -0.3 is 0 Å². The topological polar surface area (TPSA) is 30.0 Å². The van der Waals surface area contributed by atoms with Gasteiger partial charge in [0.15, 0.2) is 4.34 Å². The standard InChI is InChI=1S/C18H15NOS2.2C3H8/c1-13(20)12-21-18-19-16(14-8-4-2-5-9-14)17(22-18)15-10-6-3-7-11-15;2*1-3-2/h2-11H,12H2,1H3;2*3H2,1-2H3. The van der Waals surface area contributed by atoms with Gasteiger partial charge in [0, 0.05) is 5.56 Å². The third-order valence-corrected chi connectivity index (χ3v) is 5.48. The maximum atomic E-state index is 11.2. The van der Waals surface area contributed by atoms with Crippen molar-refractivity contribution >= 4 is 28.9 Å². The van der Waals surface area contributed by atoms with Crippen LogP contribution >= 0.6 is 23.1 Å². The van der Waals surface area contributed by atoms with Crippen LogP contribution in [0, 0.1) is 0 Å². The predicted molar refractivity (Wildman–Crippen MR) is 126 cm³/mol. The highest BCUT2D eigenvalue weighted by molar-refractivity contribution is 8.01. The summed E-state index contributed by atoms with van der Waals surface area (Å²) in [6.45, 7) is 10.1. The molecular formula is C24H31NOS2. The summed E-state index contributed by atoms with van der Waals surface area (Å²) in [7, 11) is 0. The number of hydrogen-bond donors (Lipinski definition) is 0. The molecule has 0 amide bonds. The van der Waals surface area contributed by atoms with Gasteiger partial charge in [-0.05, 0) is 12.5 Å². The van der Waals surface area contributed by atoms with Crippen LogP contribution in [0.4, 0.5) is 0 Å². The smallest absolute Gasteiger partial charge is 0.151 e. The van der Waals surface area contributed by atoms with Crippen molar-refractivity contribution in [2.45, 2.75) is 51.8 Å². The highest BCUT2D eigenvalue weighted by atomic mass is 32.2. The van der Waals surface area contributed by atoms with Crippen molar-refractivity contribution in [1.82, 2.24) is 4.98 Å². The van der Waals surface area contributed by atoms with Gasteiger partial charge in [-0.2, -0.15) is 0 Å². The summed E-state index contributed by atoms with van der Waals surface area (Å²) >= 11 is 3.16. The summed E-state index contributed by atoms with van der Waals surface area (Å²) in [5.74, 6) is 0.637. The van der Waals surface area contributed by atoms with Crippen LogP contribution in [-0.2, 0) is 4.79 Å². The Bertz CT molecular complexity index is 739. The van der Waals surface area contributed by atoms with E-state index in [1.807, 2.05) is 36.4 Å². The Labute approximate surface area is 178 Å². The average molecular weight is 414 g/mol. The first kappa shape index (κ1) is 24.1. The van der Waals surface area contributed by atoms with E-state index in [9.17, 15) is 4.79 Å². The first-order valence-electron chi connectivity index (χ1n) is 9.81. The van der Waals surface area contributed by atoms with Gasteiger partial charge in [-0.1, -0.05) is 113 Å². The van der Waals surface area contributed by atoms with Gasteiger partial charge in [-0.3, -0.25) is 4.79 Å². The number of thioether (sulfide) groups is 1. The molecular weight excluding hydrogens is 382 g/mol. The minimum absolute atomic E-state index is 0.169. The quantitative estimate of drug-likeness (QED) is 0.397. The van der Waals surface area contributed by atoms with E-state index < -0.39 is 0 Å². The molecule has 0 aliphatic heterocycles. The molecule has 0 saturated heterocycles. The second kappa shape index (κ2) is 14.1. The number of hydrogen-bond acceptors (Lipinski definition) is 4. The minimum atomic E-state index is 0.169. The molecule has 1 heterocycles. The molecule has 0 atom stereocenters. The fourth-order valence-electron chi connectivity index (χ4n) is 2.10. The lowest BCUT2D eigenvalue weighted by atomic mass is 10.1. The van der Waals surface area contributed by atoms with Crippen LogP contribution in [0.25, 0.3) is 21.7 Å². The molecule has 0 radical (unpaired) electrons. The van der Waals surface area contributed by atoms with Crippen LogP contribution in [0.15, 0.2) is 65.0 Å². The Hall–Kier alpha value is -1.91. The van der Waals surface area contributed by atoms with Gasteiger partial charge in [0.05, 0.1) is 16.3 Å². The fourth-order valence-corrected chi connectivity index (χ4v) is 4.07. The van der Waals surface area contributed by atoms with Crippen LogP contribution in [0.2, 0.25) is 0 Å². The van der Waals surface area contributed by atoms with Crippen LogP contribution in [0.1, 0.15) is 47.5 Å². The number of carbonyl (C=O) groups is 1. The number of rotatable bonds is 5. The zero-order chi connectivity index (χ0) is 20.8. The Morgan fingerprint density at radius 3 is 1.79 bits per heavy atom. The number of nitrogens with zero attached hydrogens (tertiary/aromatic N) is 1. The van der Waals surface area contributed by atoms with Gasteiger partial charge in [0.2, 0.25) is 0 Å². The summed E-state index contributed by atoms with van der Waals surface area (Å²) in [5, 5.41) is 0. The van der Waals surface area contributed by atoms with Gasteiger partial charge in [-0.25, -0.2) is 4.98 Å². The third-order valence-electron chi connectivity index (χ3n) is 3.09. The maximum absolute atomic E-state index is 11.2. The zero-order valence-corrected chi connectivity index (χ0v) is 19.2. The molecule has 0 unspecified atom stereocenters. The van der Waals surface area contributed by atoms with E-state index in [2.05, 4.69) is 52.0 Å². The molecule has 28 heavy (non-hydrogen) atoms. The molecule has 0 aliphatic carbocycles. The van der Waals surface area contributed by atoms with Crippen molar-refractivity contribution in [1.29, 1.82) is 0 Å². The monoisotopic (exact) mass is 413 g/mol. The largest absolute Gasteiger partial charge is 0.299 e. The first-order valence-corrected chi connectivity index (χ1v) is 11.6. The van der Waals surface area contributed by atoms with E-state index in [1.165, 1.54) is 24.6 Å². The van der Waals surface area contributed by atoms with Crippen molar-refractivity contribution in [3.8, 4) is 21.7 Å². The number of thiazole rings is 1. The molecule has 0 saturated carbocycles. The van der Waals surface area contributed by atoms with Gasteiger partial charge >= 0.3 is 0 Å². The summed E-state index contributed by atoms with van der Waals surface area (Å²) < 4.78 is 0.938. The van der Waals surface area contributed by atoms with E-state index in [0.717, 1.165) is 26.0 Å². The second-order valence-corrected chi connectivity index (χ2v) is 8.52. The molecule has 0 spiro atoms. The molecule has 2 nitrogen and oxygen atoms in total. The molecule has 3 rings (SSSR count).